The van der Waals surface area contributed by atoms with E-state index in [0.717, 1.165) is 29.5 Å². The lowest BCUT2D eigenvalue weighted by molar-refractivity contribution is -0.137. The van der Waals surface area contributed by atoms with E-state index in [1.165, 1.54) is 13.0 Å². The molecular formula is C23H24F3N3O2S. The van der Waals surface area contributed by atoms with Crippen molar-refractivity contribution in [2.75, 3.05) is 5.75 Å². The zero-order valence-corrected chi connectivity index (χ0v) is 18.6. The fraction of sp³-hybridized carbons (Fsp3) is 0.348. The largest absolute Gasteiger partial charge is 0.416 e. The monoisotopic (exact) mass is 463 g/mol. The lowest BCUT2D eigenvalue weighted by Crippen LogP contribution is -2.42. The molecule has 3 rings (SSSR count). The number of benzene rings is 2. The molecule has 0 saturated heterocycles. The van der Waals surface area contributed by atoms with Gasteiger partial charge >= 0.3 is 6.18 Å². The van der Waals surface area contributed by atoms with E-state index in [1.807, 2.05) is 37.3 Å². The quantitative estimate of drug-likeness (QED) is 0.460. The van der Waals surface area contributed by atoms with Gasteiger partial charge in [0, 0.05) is 6.54 Å². The second kappa shape index (κ2) is 10.2. The maximum absolute atomic E-state index is 13.1. The number of carbonyl (C=O) groups is 2. The molecule has 0 bridgehead atoms. The van der Waals surface area contributed by atoms with E-state index >= 15 is 0 Å². The maximum Gasteiger partial charge on any atom is 0.416 e. The van der Waals surface area contributed by atoms with Gasteiger partial charge in [0.25, 0.3) is 0 Å². The summed E-state index contributed by atoms with van der Waals surface area (Å²) in [5.74, 6) is -0.486. The summed E-state index contributed by atoms with van der Waals surface area (Å²) in [5.41, 5.74) is 1.03. The van der Waals surface area contributed by atoms with Crippen LogP contribution in [0.5, 0.6) is 0 Å². The van der Waals surface area contributed by atoms with E-state index in [4.69, 9.17) is 0 Å². The van der Waals surface area contributed by atoms with Gasteiger partial charge in [0.15, 0.2) is 10.9 Å². The molecule has 1 heterocycles. The standard InChI is InChI=1S/C23H24F3N3O2S/c1-3-11-29-20-13-17(23(24,25)26)9-10-18(20)28-22(29)32-14-21(31)27-19(15(2)30)12-16-7-5-4-6-8-16/h4-10,13,19H,3,11-12,14H2,1-2H3,(H,27,31)/t19-/m0/s1. The first-order chi connectivity index (χ1) is 15.2. The second-order valence-corrected chi connectivity index (χ2v) is 8.40. The van der Waals surface area contributed by atoms with Crippen LogP contribution in [0.25, 0.3) is 11.0 Å². The number of aryl methyl sites for hydroxylation is 1. The Labute approximate surface area is 188 Å². The van der Waals surface area contributed by atoms with E-state index in [0.29, 0.717) is 35.6 Å². The van der Waals surface area contributed by atoms with Crippen LogP contribution in [0.15, 0.2) is 53.7 Å². The average molecular weight is 464 g/mol. The highest BCUT2D eigenvalue weighted by Crippen LogP contribution is 2.33. The van der Waals surface area contributed by atoms with E-state index in [1.54, 1.807) is 4.57 Å². The fourth-order valence-corrected chi connectivity index (χ4v) is 4.19. The summed E-state index contributed by atoms with van der Waals surface area (Å²) in [7, 11) is 0. The summed E-state index contributed by atoms with van der Waals surface area (Å²) in [6.07, 6.45) is -3.35. The molecule has 0 fully saturated rings. The lowest BCUT2D eigenvalue weighted by atomic mass is 10.0. The average Bonchev–Trinajstić information content (AvgIpc) is 3.09. The summed E-state index contributed by atoms with van der Waals surface area (Å²) >= 11 is 1.14. The molecule has 9 heteroatoms. The third-order valence-electron chi connectivity index (χ3n) is 4.93. The number of halogens is 3. The molecule has 170 valence electrons. The topological polar surface area (TPSA) is 64.0 Å². The van der Waals surface area contributed by atoms with Crippen molar-refractivity contribution in [1.82, 2.24) is 14.9 Å². The van der Waals surface area contributed by atoms with Crippen molar-refractivity contribution in [3.63, 3.8) is 0 Å². The Morgan fingerprint density at radius 2 is 1.88 bits per heavy atom. The Kier molecular flexibility index (Phi) is 7.60. The number of nitrogens with one attached hydrogen (secondary N) is 1. The van der Waals surface area contributed by atoms with Crippen LogP contribution in [0.2, 0.25) is 0 Å². The zero-order valence-electron chi connectivity index (χ0n) is 17.8. The number of carbonyl (C=O) groups excluding carboxylic acids is 2. The second-order valence-electron chi connectivity index (χ2n) is 7.46. The Bertz CT molecular complexity index is 1100. The molecule has 0 aliphatic rings. The zero-order chi connectivity index (χ0) is 23.3. The molecule has 5 nitrogen and oxygen atoms in total. The minimum Gasteiger partial charge on any atom is -0.345 e. The van der Waals surface area contributed by atoms with Crippen molar-refractivity contribution in [2.45, 2.75) is 50.6 Å². The van der Waals surface area contributed by atoms with Crippen LogP contribution in [0.4, 0.5) is 13.2 Å². The normalized spacial score (nSPS) is 12.7. The van der Waals surface area contributed by atoms with E-state index in [9.17, 15) is 22.8 Å². The van der Waals surface area contributed by atoms with Gasteiger partial charge in [0.1, 0.15) is 0 Å². The molecule has 0 aliphatic carbocycles. The highest BCUT2D eigenvalue weighted by Gasteiger charge is 2.31. The first-order valence-corrected chi connectivity index (χ1v) is 11.2. The van der Waals surface area contributed by atoms with Crippen LogP contribution in [0, 0.1) is 0 Å². The molecule has 0 radical (unpaired) electrons. The van der Waals surface area contributed by atoms with Crippen molar-refractivity contribution in [3.05, 3.63) is 59.7 Å². The summed E-state index contributed by atoms with van der Waals surface area (Å²) < 4.78 is 41.1. The molecule has 1 N–H and O–H groups in total. The number of ketones is 1. The predicted molar refractivity (Wildman–Crippen MR) is 119 cm³/mol. The summed E-state index contributed by atoms with van der Waals surface area (Å²) in [6.45, 7) is 3.83. The number of nitrogens with zero attached hydrogens (tertiary/aromatic N) is 2. The summed E-state index contributed by atoms with van der Waals surface area (Å²) in [4.78, 5) is 28.9. The molecule has 2 aromatic carbocycles. The molecule has 1 aromatic heterocycles. The number of thioether (sulfide) groups is 1. The molecule has 0 aliphatic heterocycles. The van der Waals surface area contributed by atoms with Gasteiger partial charge in [-0.25, -0.2) is 4.98 Å². The molecule has 3 aromatic rings. The third kappa shape index (κ3) is 5.91. The number of hydrogen-bond acceptors (Lipinski definition) is 4. The Balaban J connectivity index is 1.73. The molecule has 0 unspecified atom stereocenters. The number of Topliss-reactive ketones (excluding diaryl/α,β-unsaturated/α-hetero) is 1. The Morgan fingerprint density at radius 3 is 2.50 bits per heavy atom. The Morgan fingerprint density at radius 1 is 1.16 bits per heavy atom. The number of aromatic nitrogens is 2. The third-order valence-corrected chi connectivity index (χ3v) is 5.91. The summed E-state index contributed by atoms with van der Waals surface area (Å²) in [5, 5.41) is 3.23. The van der Waals surface area contributed by atoms with E-state index in [2.05, 4.69) is 10.3 Å². The minimum atomic E-state index is -4.44. The molecular weight excluding hydrogens is 439 g/mol. The predicted octanol–water partition coefficient (Wildman–Crippen LogP) is 4.87. The number of fused-ring (bicyclic) bond motifs is 1. The van der Waals surface area contributed by atoms with Gasteiger partial charge in [0.2, 0.25) is 5.91 Å². The van der Waals surface area contributed by atoms with Gasteiger partial charge in [-0.1, -0.05) is 49.0 Å². The van der Waals surface area contributed by atoms with E-state index in [-0.39, 0.29) is 17.4 Å². The van der Waals surface area contributed by atoms with Crippen LogP contribution in [0.3, 0.4) is 0 Å². The molecule has 1 atom stereocenters. The van der Waals surface area contributed by atoms with Gasteiger partial charge < -0.3 is 9.88 Å². The Hall–Kier alpha value is -2.81. The van der Waals surface area contributed by atoms with Gasteiger partial charge in [-0.3, -0.25) is 9.59 Å². The van der Waals surface area contributed by atoms with Crippen molar-refractivity contribution >= 4 is 34.5 Å². The van der Waals surface area contributed by atoms with Gasteiger partial charge in [0.05, 0.1) is 28.4 Å². The fourth-order valence-electron chi connectivity index (χ4n) is 3.34. The van der Waals surface area contributed by atoms with Crippen molar-refractivity contribution in [1.29, 1.82) is 0 Å². The first-order valence-electron chi connectivity index (χ1n) is 10.2. The maximum atomic E-state index is 13.1. The molecule has 1 amide bonds. The van der Waals surface area contributed by atoms with Gasteiger partial charge in [-0.15, -0.1) is 0 Å². The highest BCUT2D eigenvalue weighted by molar-refractivity contribution is 7.99. The number of hydrogen-bond donors (Lipinski definition) is 1. The number of alkyl halides is 3. The molecule has 32 heavy (non-hydrogen) atoms. The summed E-state index contributed by atoms with van der Waals surface area (Å²) in [6, 6.07) is 12.2. The van der Waals surface area contributed by atoms with Crippen LogP contribution >= 0.6 is 11.8 Å². The van der Waals surface area contributed by atoms with Gasteiger partial charge in [-0.2, -0.15) is 13.2 Å². The van der Waals surface area contributed by atoms with Crippen LogP contribution < -0.4 is 5.32 Å². The minimum absolute atomic E-state index is 0.00225. The van der Waals surface area contributed by atoms with Crippen molar-refractivity contribution in [3.8, 4) is 0 Å². The SMILES string of the molecule is CCCn1c(SCC(=O)N[C@@H](Cc2ccccc2)C(C)=O)nc2ccc(C(F)(F)F)cc21. The number of rotatable bonds is 9. The number of imidazole rings is 1. The van der Waals surface area contributed by atoms with Crippen molar-refractivity contribution < 1.29 is 22.8 Å². The van der Waals surface area contributed by atoms with E-state index < -0.39 is 17.8 Å². The molecule has 0 spiro atoms. The van der Waals surface area contributed by atoms with Crippen LogP contribution in [-0.4, -0.2) is 33.0 Å². The lowest BCUT2D eigenvalue weighted by Gasteiger charge is -2.16. The smallest absolute Gasteiger partial charge is 0.345 e. The first kappa shape index (κ1) is 23.8. The van der Waals surface area contributed by atoms with Crippen molar-refractivity contribution in [2.24, 2.45) is 0 Å². The van der Waals surface area contributed by atoms with Gasteiger partial charge in [-0.05, 0) is 43.5 Å². The highest BCUT2D eigenvalue weighted by atomic mass is 32.2. The molecule has 0 saturated carbocycles. The van der Waals surface area contributed by atoms with Crippen LogP contribution in [0.1, 0.15) is 31.4 Å². The number of amides is 1. The van der Waals surface area contributed by atoms with Crippen LogP contribution in [-0.2, 0) is 28.7 Å².